The molecule has 0 bridgehead atoms. The highest BCUT2D eigenvalue weighted by Crippen LogP contribution is 2.21. The summed E-state index contributed by atoms with van der Waals surface area (Å²) >= 11 is 0. The molecule has 0 radical (unpaired) electrons. The molecule has 1 aromatic carbocycles. The van der Waals surface area contributed by atoms with Crippen LogP contribution in [0.2, 0.25) is 0 Å². The average molecular weight is 277 g/mol. The van der Waals surface area contributed by atoms with Crippen molar-refractivity contribution in [2.24, 2.45) is 0 Å². The highest BCUT2D eigenvalue weighted by Gasteiger charge is 2.36. The van der Waals surface area contributed by atoms with Crippen LogP contribution in [0.4, 0.5) is 0 Å². The molecule has 1 fully saturated rings. The molecule has 2 rings (SSSR count). The van der Waals surface area contributed by atoms with Gasteiger partial charge in [0, 0.05) is 19.5 Å². The quantitative estimate of drug-likeness (QED) is 0.638. The Balaban J connectivity index is 1.94. The van der Waals surface area contributed by atoms with E-state index in [0.29, 0.717) is 26.1 Å². The van der Waals surface area contributed by atoms with Crippen LogP contribution in [0.25, 0.3) is 0 Å². The van der Waals surface area contributed by atoms with Gasteiger partial charge in [0.2, 0.25) is 0 Å². The van der Waals surface area contributed by atoms with Crippen LogP contribution < -0.4 is 0 Å². The summed E-state index contributed by atoms with van der Waals surface area (Å²) in [6.07, 6.45) is 1.92. The topological polar surface area (TPSA) is 49.8 Å². The Morgan fingerprint density at radius 1 is 1.40 bits per heavy atom. The van der Waals surface area contributed by atoms with E-state index in [4.69, 9.17) is 4.74 Å². The predicted molar refractivity (Wildman–Crippen MR) is 77.1 cm³/mol. The Bertz CT molecular complexity index is 421. The second-order valence-electron chi connectivity index (χ2n) is 5.34. The summed E-state index contributed by atoms with van der Waals surface area (Å²) in [4.78, 5) is 14.1. The van der Waals surface area contributed by atoms with Gasteiger partial charge >= 0.3 is 5.97 Å². The third-order valence-corrected chi connectivity index (χ3v) is 3.62. The van der Waals surface area contributed by atoms with Crippen molar-refractivity contribution in [3.05, 3.63) is 35.9 Å². The Kier molecular flexibility index (Phi) is 5.56. The van der Waals surface area contributed by atoms with Crippen LogP contribution in [0.1, 0.15) is 31.7 Å². The van der Waals surface area contributed by atoms with E-state index in [1.807, 2.05) is 35.2 Å². The van der Waals surface area contributed by atoms with Crippen LogP contribution in [0.15, 0.2) is 30.3 Å². The van der Waals surface area contributed by atoms with Gasteiger partial charge in [-0.2, -0.15) is 0 Å². The van der Waals surface area contributed by atoms with Gasteiger partial charge in [0.15, 0.2) is 0 Å². The SMILES string of the molecule is CCCCOC(=O)[C@H]1C[C@@H](O)CN1Cc1ccccc1. The van der Waals surface area contributed by atoms with Crippen molar-refractivity contribution in [1.82, 2.24) is 4.90 Å². The van der Waals surface area contributed by atoms with E-state index >= 15 is 0 Å². The van der Waals surface area contributed by atoms with E-state index in [2.05, 4.69) is 6.92 Å². The molecule has 1 aliphatic heterocycles. The minimum atomic E-state index is -0.442. The summed E-state index contributed by atoms with van der Waals surface area (Å²) in [5.74, 6) is -0.203. The van der Waals surface area contributed by atoms with Crippen molar-refractivity contribution >= 4 is 5.97 Å². The number of hydrogen-bond donors (Lipinski definition) is 1. The molecule has 0 unspecified atom stereocenters. The first kappa shape index (κ1) is 15.0. The summed E-state index contributed by atoms with van der Waals surface area (Å²) in [7, 11) is 0. The largest absolute Gasteiger partial charge is 0.465 e. The number of carbonyl (C=O) groups is 1. The Morgan fingerprint density at radius 3 is 2.85 bits per heavy atom. The van der Waals surface area contributed by atoms with Gasteiger partial charge in [0.25, 0.3) is 0 Å². The molecule has 0 amide bonds. The molecule has 110 valence electrons. The molecule has 1 heterocycles. The predicted octanol–water partition coefficient (Wildman–Crippen LogP) is 1.97. The van der Waals surface area contributed by atoms with Gasteiger partial charge < -0.3 is 9.84 Å². The second-order valence-corrected chi connectivity index (χ2v) is 5.34. The third-order valence-electron chi connectivity index (χ3n) is 3.62. The molecular weight excluding hydrogens is 254 g/mol. The number of β-amino-alcohol motifs (C(OH)–C–C–N with tert-alkyl or cyclic N) is 1. The third kappa shape index (κ3) is 4.05. The van der Waals surface area contributed by atoms with Gasteiger partial charge in [-0.1, -0.05) is 43.7 Å². The number of aliphatic hydroxyl groups is 1. The first-order valence-electron chi connectivity index (χ1n) is 7.33. The zero-order chi connectivity index (χ0) is 14.4. The van der Waals surface area contributed by atoms with Crippen molar-refractivity contribution in [3.8, 4) is 0 Å². The maximum Gasteiger partial charge on any atom is 0.323 e. The van der Waals surface area contributed by atoms with Gasteiger partial charge in [0.05, 0.1) is 12.7 Å². The number of rotatable bonds is 6. The zero-order valence-electron chi connectivity index (χ0n) is 12.0. The average Bonchev–Trinajstić information content (AvgIpc) is 2.81. The lowest BCUT2D eigenvalue weighted by molar-refractivity contribution is -0.149. The number of ether oxygens (including phenoxy) is 1. The summed E-state index contributed by atoms with van der Waals surface area (Å²) in [5.41, 5.74) is 1.15. The molecule has 4 nitrogen and oxygen atoms in total. The lowest BCUT2D eigenvalue weighted by Gasteiger charge is -2.22. The fraction of sp³-hybridized carbons (Fsp3) is 0.562. The van der Waals surface area contributed by atoms with E-state index in [1.54, 1.807) is 0 Å². The fourth-order valence-electron chi connectivity index (χ4n) is 2.53. The zero-order valence-corrected chi connectivity index (χ0v) is 12.0. The van der Waals surface area contributed by atoms with Crippen LogP contribution in [-0.4, -0.2) is 41.3 Å². The first-order chi connectivity index (χ1) is 9.70. The molecule has 1 saturated heterocycles. The van der Waals surface area contributed by atoms with Crippen molar-refractivity contribution in [3.63, 3.8) is 0 Å². The van der Waals surface area contributed by atoms with Gasteiger partial charge in [0.1, 0.15) is 6.04 Å². The second kappa shape index (κ2) is 7.41. The number of likely N-dealkylation sites (tertiary alicyclic amines) is 1. The van der Waals surface area contributed by atoms with Crippen molar-refractivity contribution < 1.29 is 14.6 Å². The lowest BCUT2D eigenvalue weighted by Crippen LogP contribution is -2.37. The summed E-state index contributed by atoms with van der Waals surface area (Å²) in [5, 5.41) is 9.82. The van der Waals surface area contributed by atoms with Crippen molar-refractivity contribution in [2.45, 2.75) is 44.9 Å². The van der Waals surface area contributed by atoms with Crippen molar-refractivity contribution in [1.29, 1.82) is 0 Å². The number of nitrogens with zero attached hydrogens (tertiary/aromatic N) is 1. The molecule has 1 aliphatic rings. The standard InChI is InChI=1S/C16H23NO3/c1-2-3-9-20-16(19)15-10-14(18)12-17(15)11-13-7-5-4-6-8-13/h4-8,14-15,18H,2-3,9-12H2,1H3/t14-,15-/m1/s1. The van der Waals surface area contributed by atoms with Crippen LogP contribution >= 0.6 is 0 Å². The molecule has 0 aliphatic carbocycles. The molecule has 1 aromatic rings. The molecule has 0 aromatic heterocycles. The summed E-state index contributed by atoms with van der Waals surface area (Å²) in [6.45, 7) is 3.74. The van der Waals surface area contributed by atoms with Gasteiger partial charge in [-0.15, -0.1) is 0 Å². The first-order valence-corrected chi connectivity index (χ1v) is 7.33. The number of benzene rings is 1. The molecule has 4 heteroatoms. The number of carbonyl (C=O) groups excluding carboxylic acids is 1. The summed E-state index contributed by atoms with van der Waals surface area (Å²) in [6, 6.07) is 9.68. The normalized spacial score (nSPS) is 22.9. The van der Waals surface area contributed by atoms with Crippen LogP contribution in [0, 0.1) is 0 Å². The number of unbranched alkanes of at least 4 members (excludes halogenated alkanes) is 1. The molecule has 0 saturated carbocycles. The molecular formula is C16H23NO3. The van der Waals surface area contributed by atoms with Crippen LogP contribution in [-0.2, 0) is 16.1 Å². The van der Waals surface area contributed by atoms with Gasteiger partial charge in [-0.3, -0.25) is 9.69 Å². The fourth-order valence-corrected chi connectivity index (χ4v) is 2.53. The smallest absolute Gasteiger partial charge is 0.323 e. The highest BCUT2D eigenvalue weighted by atomic mass is 16.5. The molecule has 20 heavy (non-hydrogen) atoms. The van der Waals surface area contributed by atoms with E-state index in [0.717, 1.165) is 18.4 Å². The molecule has 0 spiro atoms. The van der Waals surface area contributed by atoms with Crippen LogP contribution in [0.5, 0.6) is 0 Å². The van der Waals surface area contributed by atoms with Crippen molar-refractivity contribution in [2.75, 3.05) is 13.2 Å². The van der Waals surface area contributed by atoms with Crippen LogP contribution in [0.3, 0.4) is 0 Å². The van der Waals surface area contributed by atoms with Gasteiger partial charge in [-0.25, -0.2) is 0 Å². The van der Waals surface area contributed by atoms with E-state index in [-0.39, 0.29) is 12.0 Å². The Hall–Kier alpha value is -1.39. The van der Waals surface area contributed by atoms with E-state index in [1.165, 1.54) is 0 Å². The number of esters is 1. The number of aliphatic hydroxyl groups excluding tert-OH is 1. The van der Waals surface area contributed by atoms with E-state index in [9.17, 15) is 9.90 Å². The monoisotopic (exact) mass is 277 g/mol. The Morgan fingerprint density at radius 2 is 2.15 bits per heavy atom. The van der Waals surface area contributed by atoms with E-state index < -0.39 is 6.10 Å². The minimum Gasteiger partial charge on any atom is -0.465 e. The van der Waals surface area contributed by atoms with Gasteiger partial charge in [-0.05, 0) is 12.0 Å². The lowest BCUT2D eigenvalue weighted by atomic mass is 10.2. The minimum absolute atomic E-state index is 0.203. The maximum absolute atomic E-state index is 12.1. The Labute approximate surface area is 120 Å². The highest BCUT2D eigenvalue weighted by molar-refractivity contribution is 5.76. The molecule has 1 N–H and O–H groups in total. The summed E-state index contributed by atoms with van der Waals surface area (Å²) < 4.78 is 5.29. The number of hydrogen-bond acceptors (Lipinski definition) is 4. The molecule has 2 atom stereocenters. The maximum atomic E-state index is 12.1.